The van der Waals surface area contributed by atoms with Gasteiger partial charge in [-0.25, -0.2) is 0 Å². The first-order valence-electron chi connectivity index (χ1n) is 7.52. The molecule has 6 nitrogen and oxygen atoms in total. The van der Waals surface area contributed by atoms with Crippen LogP contribution in [0.15, 0.2) is 23.1 Å². The summed E-state index contributed by atoms with van der Waals surface area (Å²) in [6, 6.07) is 5.40. The molecule has 0 N–H and O–H groups in total. The van der Waals surface area contributed by atoms with E-state index in [0.717, 1.165) is 17.3 Å². The third kappa shape index (κ3) is 4.73. The lowest BCUT2D eigenvalue weighted by atomic mass is 10.2. The molecule has 1 aromatic rings. The monoisotopic (exact) mass is 381 g/mol. The molecule has 1 aliphatic heterocycles. The maximum atomic E-state index is 12.4. The van der Waals surface area contributed by atoms with Crippen LogP contribution in [-0.2, 0) is 14.3 Å². The summed E-state index contributed by atoms with van der Waals surface area (Å²) in [5.74, 6) is 0.372. The van der Waals surface area contributed by atoms with E-state index in [1.165, 1.54) is 12.0 Å². The molecule has 0 unspecified atom stereocenters. The lowest BCUT2D eigenvalue weighted by Gasteiger charge is -2.14. The lowest BCUT2D eigenvalue weighted by Crippen LogP contribution is -2.33. The molecule has 25 heavy (non-hydrogen) atoms. The normalized spacial score (nSPS) is 15.9. The molecular formula is C17H19NO5S2. The number of benzene rings is 1. The summed E-state index contributed by atoms with van der Waals surface area (Å²) in [5, 5.41) is 0. The minimum atomic E-state index is -0.519. The molecule has 0 aromatic heterocycles. The molecule has 0 saturated carbocycles. The Hall–Kier alpha value is -2.06. The molecule has 0 bridgehead atoms. The average molecular weight is 381 g/mol. The van der Waals surface area contributed by atoms with Crippen LogP contribution in [0.3, 0.4) is 0 Å². The van der Waals surface area contributed by atoms with Gasteiger partial charge in [-0.2, -0.15) is 0 Å². The Morgan fingerprint density at radius 1 is 1.32 bits per heavy atom. The number of rotatable bonds is 6. The van der Waals surface area contributed by atoms with Gasteiger partial charge in [0.2, 0.25) is 0 Å². The van der Waals surface area contributed by atoms with Crippen molar-refractivity contribution in [1.82, 2.24) is 4.90 Å². The van der Waals surface area contributed by atoms with Gasteiger partial charge in [0.05, 0.1) is 25.2 Å². The maximum absolute atomic E-state index is 12.4. The Morgan fingerprint density at radius 2 is 2.04 bits per heavy atom. The number of hydrogen-bond acceptors (Lipinski definition) is 7. The van der Waals surface area contributed by atoms with Crippen LogP contribution in [0.25, 0.3) is 6.08 Å². The van der Waals surface area contributed by atoms with Crippen molar-refractivity contribution in [2.45, 2.75) is 20.0 Å². The number of carbonyl (C=O) groups excluding carboxylic acids is 2. The third-order valence-corrected chi connectivity index (χ3v) is 4.61. The quantitative estimate of drug-likeness (QED) is 0.426. The summed E-state index contributed by atoms with van der Waals surface area (Å²) >= 11 is 6.32. The van der Waals surface area contributed by atoms with Gasteiger partial charge in [0, 0.05) is 0 Å². The van der Waals surface area contributed by atoms with Crippen molar-refractivity contribution in [1.29, 1.82) is 0 Å². The topological polar surface area (TPSA) is 65.1 Å². The van der Waals surface area contributed by atoms with Crippen molar-refractivity contribution in [3.05, 3.63) is 28.7 Å². The smallest absolute Gasteiger partial charge is 0.325 e. The molecule has 0 radical (unpaired) electrons. The second-order valence-corrected chi connectivity index (χ2v) is 7.10. The molecule has 1 amide bonds. The van der Waals surface area contributed by atoms with Crippen molar-refractivity contribution < 1.29 is 23.8 Å². The summed E-state index contributed by atoms with van der Waals surface area (Å²) < 4.78 is 15.9. The van der Waals surface area contributed by atoms with Crippen LogP contribution in [0.4, 0.5) is 0 Å². The first-order chi connectivity index (χ1) is 11.8. The molecule has 134 valence electrons. The minimum Gasteiger partial charge on any atom is -0.493 e. The predicted molar refractivity (Wildman–Crippen MR) is 101 cm³/mol. The van der Waals surface area contributed by atoms with Crippen molar-refractivity contribution in [3.8, 4) is 11.5 Å². The fraction of sp³-hybridized carbons (Fsp3) is 0.353. The Balaban J connectivity index is 2.24. The summed E-state index contributed by atoms with van der Waals surface area (Å²) in [4.78, 5) is 25.5. The van der Waals surface area contributed by atoms with Gasteiger partial charge < -0.3 is 14.2 Å². The van der Waals surface area contributed by atoms with E-state index in [1.807, 2.05) is 19.9 Å². The molecule has 1 fully saturated rings. The van der Waals surface area contributed by atoms with Gasteiger partial charge in [0.25, 0.3) is 5.91 Å². The van der Waals surface area contributed by atoms with Crippen LogP contribution in [0.2, 0.25) is 0 Å². The third-order valence-electron chi connectivity index (χ3n) is 3.24. The van der Waals surface area contributed by atoms with Crippen LogP contribution >= 0.6 is 24.0 Å². The number of carbonyl (C=O) groups is 2. The van der Waals surface area contributed by atoms with E-state index in [1.54, 1.807) is 25.3 Å². The summed E-state index contributed by atoms with van der Waals surface area (Å²) in [5.41, 5.74) is 0.770. The molecule has 0 atom stereocenters. The number of thiocarbonyl (C=S) groups is 1. The van der Waals surface area contributed by atoms with Crippen LogP contribution in [0, 0.1) is 0 Å². The highest BCUT2D eigenvalue weighted by Gasteiger charge is 2.33. The zero-order chi connectivity index (χ0) is 18.6. The Labute approximate surface area is 156 Å². The summed E-state index contributed by atoms with van der Waals surface area (Å²) in [6.45, 7) is 3.67. The highest BCUT2D eigenvalue weighted by atomic mass is 32.2. The van der Waals surface area contributed by atoms with Gasteiger partial charge >= 0.3 is 5.97 Å². The molecule has 1 aromatic carbocycles. The minimum absolute atomic E-state index is 0.0225. The van der Waals surface area contributed by atoms with E-state index in [0.29, 0.717) is 20.7 Å². The Morgan fingerprint density at radius 3 is 2.64 bits per heavy atom. The van der Waals surface area contributed by atoms with E-state index in [9.17, 15) is 9.59 Å². The Kier molecular flexibility index (Phi) is 6.44. The largest absolute Gasteiger partial charge is 0.493 e. The van der Waals surface area contributed by atoms with E-state index in [4.69, 9.17) is 21.7 Å². The van der Waals surface area contributed by atoms with E-state index in [-0.39, 0.29) is 18.6 Å². The average Bonchev–Trinajstić information content (AvgIpc) is 2.83. The number of methoxy groups -OCH3 is 2. The number of amides is 1. The fourth-order valence-electron chi connectivity index (χ4n) is 2.11. The molecule has 8 heteroatoms. The first kappa shape index (κ1) is 19.3. The van der Waals surface area contributed by atoms with Crippen molar-refractivity contribution >= 4 is 46.3 Å². The van der Waals surface area contributed by atoms with Crippen LogP contribution in [0.1, 0.15) is 19.4 Å². The van der Waals surface area contributed by atoms with Gasteiger partial charge in [0.15, 0.2) is 11.5 Å². The fourth-order valence-corrected chi connectivity index (χ4v) is 3.36. The molecular weight excluding hydrogens is 362 g/mol. The van der Waals surface area contributed by atoms with Gasteiger partial charge in [0.1, 0.15) is 10.9 Å². The van der Waals surface area contributed by atoms with E-state index < -0.39 is 5.97 Å². The van der Waals surface area contributed by atoms with Crippen molar-refractivity contribution in [3.63, 3.8) is 0 Å². The van der Waals surface area contributed by atoms with Crippen molar-refractivity contribution in [2.75, 3.05) is 20.8 Å². The number of hydrogen-bond donors (Lipinski definition) is 0. The SMILES string of the molecule is COC(=O)CN1C(=O)/C(=C/c2ccc(OC(C)C)c(OC)c2)SC1=S. The molecule has 1 aliphatic rings. The molecule has 1 saturated heterocycles. The van der Waals surface area contributed by atoms with E-state index in [2.05, 4.69) is 4.74 Å². The van der Waals surface area contributed by atoms with Gasteiger partial charge in [-0.15, -0.1) is 0 Å². The van der Waals surface area contributed by atoms with Gasteiger partial charge in [-0.05, 0) is 37.6 Å². The molecule has 0 spiro atoms. The highest BCUT2D eigenvalue weighted by molar-refractivity contribution is 8.26. The first-order valence-corrected chi connectivity index (χ1v) is 8.75. The summed E-state index contributed by atoms with van der Waals surface area (Å²) in [6.07, 6.45) is 1.73. The predicted octanol–water partition coefficient (Wildman–Crippen LogP) is 2.86. The number of thioether (sulfide) groups is 1. The van der Waals surface area contributed by atoms with Crippen LogP contribution < -0.4 is 9.47 Å². The molecule has 2 rings (SSSR count). The van der Waals surface area contributed by atoms with E-state index >= 15 is 0 Å². The maximum Gasteiger partial charge on any atom is 0.325 e. The number of ether oxygens (including phenoxy) is 3. The number of esters is 1. The lowest BCUT2D eigenvalue weighted by molar-refractivity contribution is -0.143. The molecule has 1 heterocycles. The van der Waals surface area contributed by atoms with Gasteiger partial charge in [-0.1, -0.05) is 30.0 Å². The molecule has 0 aliphatic carbocycles. The zero-order valence-electron chi connectivity index (χ0n) is 14.4. The zero-order valence-corrected chi connectivity index (χ0v) is 16.0. The number of nitrogens with zero attached hydrogens (tertiary/aromatic N) is 1. The second kappa shape index (κ2) is 8.35. The Bertz CT molecular complexity index is 730. The highest BCUT2D eigenvalue weighted by Crippen LogP contribution is 2.34. The summed E-state index contributed by atoms with van der Waals surface area (Å²) in [7, 11) is 2.82. The standard InChI is InChI=1S/C17H19NO5S2/c1-10(2)23-12-6-5-11(7-13(12)21-3)8-14-16(20)18(17(24)25-14)9-15(19)22-4/h5-8,10H,9H2,1-4H3/b14-8-. The van der Waals surface area contributed by atoms with Crippen LogP contribution in [-0.4, -0.2) is 48.0 Å². The second-order valence-electron chi connectivity index (χ2n) is 5.42. The van der Waals surface area contributed by atoms with Gasteiger partial charge in [-0.3, -0.25) is 14.5 Å². The van der Waals surface area contributed by atoms with Crippen LogP contribution in [0.5, 0.6) is 11.5 Å². The van der Waals surface area contributed by atoms with Crippen molar-refractivity contribution in [2.24, 2.45) is 0 Å².